The van der Waals surface area contributed by atoms with Gasteiger partial charge < -0.3 is 4.74 Å². The third-order valence-corrected chi connectivity index (χ3v) is 2.87. The van der Waals surface area contributed by atoms with Crippen molar-refractivity contribution in [3.8, 4) is 5.75 Å². The quantitative estimate of drug-likeness (QED) is 0.596. The van der Waals surface area contributed by atoms with Gasteiger partial charge in [0.25, 0.3) is 5.69 Å². The third-order valence-electron chi connectivity index (χ3n) is 2.87. The number of Topliss-reactive ketones (excluding diaryl/α,β-unsaturated/α-hetero) is 1. The van der Waals surface area contributed by atoms with E-state index in [0.29, 0.717) is 11.3 Å². The van der Waals surface area contributed by atoms with E-state index < -0.39 is 10.8 Å². The average Bonchev–Trinajstić information content (AvgIpc) is 2.28. The summed E-state index contributed by atoms with van der Waals surface area (Å²) in [5, 5.41) is 11.1. The average molecular weight is 251 g/mol. The fourth-order valence-electron chi connectivity index (χ4n) is 2.12. The van der Waals surface area contributed by atoms with Crippen LogP contribution in [0.2, 0.25) is 0 Å². The second kappa shape index (κ2) is 5.62. The van der Waals surface area contributed by atoms with E-state index in [-0.39, 0.29) is 17.4 Å². The SMILES string of the molecule is COc1ccc(C(C(C)=O)C(C)C)c([N+](=O)[O-])c1. The molecule has 98 valence electrons. The Hall–Kier alpha value is -1.91. The number of rotatable bonds is 5. The van der Waals surface area contributed by atoms with Crippen LogP contribution in [0.4, 0.5) is 5.69 Å². The van der Waals surface area contributed by atoms with Crippen LogP contribution in [-0.2, 0) is 4.79 Å². The number of carbonyl (C=O) groups is 1. The van der Waals surface area contributed by atoms with Crippen LogP contribution in [0.1, 0.15) is 32.3 Å². The molecule has 1 atom stereocenters. The largest absolute Gasteiger partial charge is 0.497 e. The summed E-state index contributed by atoms with van der Waals surface area (Å²) < 4.78 is 4.97. The van der Waals surface area contributed by atoms with Crippen LogP contribution >= 0.6 is 0 Å². The summed E-state index contributed by atoms with van der Waals surface area (Å²) in [5.74, 6) is -0.110. The van der Waals surface area contributed by atoms with Crippen LogP contribution in [0, 0.1) is 16.0 Å². The molecule has 0 aliphatic rings. The molecule has 0 aliphatic heterocycles. The Morgan fingerprint density at radius 2 is 2.00 bits per heavy atom. The molecule has 0 heterocycles. The van der Waals surface area contributed by atoms with Crippen molar-refractivity contribution in [3.63, 3.8) is 0 Å². The molecule has 0 saturated heterocycles. The molecule has 0 saturated carbocycles. The number of methoxy groups -OCH3 is 1. The molecule has 5 heteroatoms. The monoisotopic (exact) mass is 251 g/mol. The highest BCUT2D eigenvalue weighted by atomic mass is 16.6. The van der Waals surface area contributed by atoms with Gasteiger partial charge in [0.05, 0.1) is 24.0 Å². The maximum absolute atomic E-state index is 11.7. The molecule has 0 fully saturated rings. The number of nitrogens with zero attached hydrogens (tertiary/aromatic N) is 1. The Morgan fingerprint density at radius 1 is 1.39 bits per heavy atom. The van der Waals surface area contributed by atoms with Gasteiger partial charge in [-0.1, -0.05) is 13.8 Å². The van der Waals surface area contributed by atoms with Crippen LogP contribution in [-0.4, -0.2) is 17.8 Å². The maximum Gasteiger partial charge on any atom is 0.277 e. The zero-order valence-electron chi connectivity index (χ0n) is 11.0. The Kier molecular flexibility index (Phi) is 4.42. The van der Waals surface area contributed by atoms with Crippen LogP contribution in [0.3, 0.4) is 0 Å². The highest BCUT2D eigenvalue weighted by Crippen LogP contribution is 2.34. The molecule has 0 aromatic heterocycles. The highest BCUT2D eigenvalue weighted by molar-refractivity contribution is 5.85. The van der Waals surface area contributed by atoms with Gasteiger partial charge in [-0.25, -0.2) is 0 Å². The summed E-state index contributed by atoms with van der Waals surface area (Å²) in [6.45, 7) is 5.21. The molecular weight excluding hydrogens is 234 g/mol. The second-order valence-corrected chi connectivity index (χ2v) is 4.51. The van der Waals surface area contributed by atoms with Crippen molar-refractivity contribution in [2.75, 3.05) is 7.11 Å². The molecule has 1 aromatic rings. The fourth-order valence-corrected chi connectivity index (χ4v) is 2.12. The molecule has 18 heavy (non-hydrogen) atoms. The van der Waals surface area contributed by atoms with Crippen LogP contribution in [0.5, 0.6) is 5.75 Å². The van der Waals surface area contributed by atoms with Crippen LogP contribution in [0.25, 0.3) is 0 Å². The Balaban J connectivity index is 3.38. The standard InChI is InChI=1S/C13H17NO4/c1-8(2)13(9(3)15)11-6-5-10(18-4)7-12(11)14(16)17/h5-8,13H,1-4H3. The van der Waals surface area contributed by atoms with Crippen molar-refractivity contribution in [2.45, 2.75) is 26.7 Å². The van der Waals surface area contributed by atoms with Crippen molar-refractivity contribution < 1.29 is 14.5 Å². The molecule has 0 N–H and O–H groups in total. The number of ether oxygens (including phenoxy) is 1. The zero-order chi connectivity index (χ0) is 13.9. The first-order chi connectivity index (χ1) is 8.38. The van der Waals surface area contributed by atoms with E-state index in [1.807, 2.05) is 13.8 Å². The van der Waals surface area contributed by atoms with Crippen molar-refractivity contribution in [1.82, 2.24) is 0 Å². The predicted octanol–water partition coefficient (Wildman–Crippen LogP) is 2.93. The van der Waals surface area contributed by atoms with Gasteiger partial charge in [0.1, 0.15) is 11.5 Å². The molecule has 1 rings (SSSR count). The summed E-state index contributed by atoms with van der Waals surface area (Å²) in [6, 6.07) is 4.59. The minimum absolute atomic E-state index is 0.00888. The number of ketones is 1. The van der Waals surface area contributed by atoms with Gasteiger partial charge in [-0.2, -0.15) is 0 Å². The van der Waals surface area contributed by atoms with Gasteiger partial charge in [0.15, 0.2) is 0 Å². The molecule has 1 aromatic carbocycles. The first-order valence-electron chi connectivity index (χ1n) is 5.71. The number of carbonyl (C=O) groups excluding carboxylic acids is 1. The van der Waals surface area contributed by atoms with Crippen LogP contribution < -0.4 is 4.74 Å². The lowest BCUT2D eigenvalue weighted by Crippen LogP contribution is -2.16. The minimum atomic E-state index is -0.476. The van der Waals surface area contributed by atoms with Gasteiger partial charge in [-0.05, 0) is 25.0 Å². The smallest absolute Gasteiger partial charge is 0.277 e. The first-order valence-corrected chi connectivity index (χ1v) is 5.71. The normalized spacial score (nSPS) is 12.3. The Morgan fingerprint density at radius 3 is 2.39 bits per heavy atom. The molecule has 0 aliphatic carbocycles. The number of nitro groups is 1. The van der Waals surface area contributed by atoms with Crippen molar-refractivity contribution in [1.29, 1.82) is 0 Å². The molecule has 0 spiro atoms. The fraction of sp³-hybridized carbons (Fsp3) is 0.462. The molecule has 5 nitrogen and oxygen atoms in total. The van der Waals surface area contributed by atoms with E-state index in [1.165, 1.54) is 20.1 Å². The highest BCUT2D eigenvalue weighted by Gasteiger charge is 2.28. The second-order valence-electron chi connectivity index (χ2n) is 4.51. The Bertz CT molecular complexity index is 468. The molecule has 0 amide bonds. The lowest BCUT2D eigenvalue weighted by Gasteiger charge is -2.18. The van der Waals surface area contributed by atoms with Gasteiger partial charge in [-0.15, -0.1) is 0 Å². The summed E-state index contributed by atoms with van der Waals surface area (Å²) in [7, 11) is 1.45. The van der Waals surface area contributed by atoms with Gasteiger partial charge in [-0.3, -0.25) is 14.9 Å². The first kappa shape index (κ1) is 14.2. The van der Waals surface area contributed by atoms with E-state index in [0.717, 1.165) is 0 Å². The van der Waals surface area contributed by atoms with E-state index in [4.69, 9.17) is 4.74 Å². The number of benzene rings is 1. The number of hydrogen-bond acceptors (Lipinski definition) is 4. The van der Waals surface area contributed by atoms with Gasteiger partial charge >= 0.3 is 0 Å². The lowest BCUT2D eigenvalue weighted by atomic mass is 9.84. The topological polar surface area (TPSA) is 69.4 Å². The summed E-state index contributed by atoms with van der Waals surface area (Å²) in [5.41, 5.74) is 0.381. The van der Waals surface area contributed by atoms with Crippen molar-refractivity contribution in [2.24, 2.45) is 5.92 Å². The van der Waals surface area contributed by atoms with E-state index >= 15 is 0 Å². The Labute approximate surface area is 106 Å². The molecule has 1 unspecified atom stereocenters. The summed E-state index contributed by atoms with van der Waals surface area (Å²) >= 11 is 0. The summed E-state index contributed by atoms with van der Waals surface area (Å²) in [6.07, 6.45) is 0. The molecule has 0 bridgehead atoms. The van der Waals surface area contributed by atoms with Crippen LogP contribution in [0.15, 0.2) is 18.2 Å². The molecule has 0 radical (unpaired) electrons. The van der Waals surface area contributed by atoms with Crippen molar-refractivity contribution in [3.05, 3.63) is 33.9 Å². The lowest BCUT2D eigenvalue weighted by molar-refractivity contribution is -0.385. The number of hydrogen-bond donors (Lipinski definition) is 0. The maximum atomic E-state index is 11.7. The van der Waals surface area contributed by atoms with E-state index in [2.05, 4.69) is 0 Å². The minimum Gasteiger partial charge on any atom is -0.497 e. The van der Waals surface area contributed by atoms with Gasteiger partial charge in [0.2, 0.25) is 0 Å². The number of nitro benzene ring substituents is 1. The van der Waals surface area contributed by atoms with E-state index in [9.17, 15) is 14.9 Å². The molecular formula is C13H17NO4. The summed E-state index contributed by atoms with van der Waals surface area (Å²) in [4.78, 5) is 22.3. The zero-order valence-corrected chi connectivity index (χ0v) is 11.0. The predicted molar refractivity (Wildman–Crippen MR) is 67.9 cm³/mol. The van der Waals surface area contributed by atoms with E-state index in [1.54, 1.807) is 12.1 Å². The third kappa shape index (κ3) is 2.85. The van der Waals surface area contributed by atoms with Crippen molar-refractivity contribution >= 4 is 11.5 Å². The van der Waals surface area contributed by atoms with Gasteiger partial charge in [0, 0.05) is 5.56 Å².